The number of carbonyl (C=O) groups is 1. The highest BCUT2D eigenvalue weighted by atomic mass is 16.5. The average Bonchev–Trinajstić information content (AvgIpc) is 2.85. The fourth-order valence-electron chi connectivity index (χ4n) is 2.65. The highest BCUT2D eigenvalue weighted by molar-refractivity contribution is 5.97. The van der Waals surface area contributed by atoms with Crippen molar-refractivity contribution in [3.05, 3.63) is 11.8 Å². The molecule has 0 bridgehead atoms. The lowest BCUT2D eigenvalue weighted by Gasteiger charge is -2.18. The van der Waals surface area contributed by atoms with Crippen LogP contribution in [-0.4, -0.2) is 43.2 Å². The lowest BCUT2D eigenvalue weighted by atomic mass is 10.2. The highest BCUT2D eigenvalue weighted by Crippen LogP contribution is 2.12. The van der Waals surface area contributed by atoms with Crippen LogP contribution in [0.1, 0.15) is 38.5 Å². The van der Waals surface area contributed by atoms with Gasteiger partial charge in [0, 0.05) is 32.4 Å². The first kappa shape index (κ1) is 14.9. The molecule has 2 heterocycles. The number of hydrogen-bond donors (Lipinski definition) is 1. The van der Waals surface area contributed by atoms with Gasteiger partial charge in [0.25, 0.3) is 5.91 Å². The quantitative estimate of drug-likeness (QED) is 0.625. The van der Waals surface area contributed by atoms with Gasteiger partial charge in [-0.2, -0.15) is 5.26 Å². The van der Waals surface area contributed by atoms with E-state index in [0.29, 0.717) is 6.54 Å². The summed E-state index contributed by atoms with van der Waals surface area (Å²) < 4.78 is 5.46. The minimum absolute atomic E-state index is 0.108. The molecule has 110 valence electrons. The first-order valence-corrected chi connectivity index (χ1v) is 7.55. The number of likely N-dealkylation sites (tertiary alicyclic amines) is 1. The second kappa shape index (κ2) is 7.91. The summed E-state index contributed by atoms with van der Waals surface area (Å²) in [4.78, 5) is 14.1. The van der Waals surface area contributed by atoms with Crippen LogP contribution in [-0.2, 0) is 9.53 Å². The summed E-state index contributed by atoms with van der Waals surface area (Å²) in [6.45, 7) is 3.14. The third-order valence-corrected chi connectivity index (χ3v) is 3.83. The zero-order valence-electron chi connectivity index (χ0n) is 11.9. The van der Waals surface area contributed by atoms with E-state index >= 15 is 0 Å². The first-order chi connectivity index (χ1) is 9.79. The molecule has 2 aliphatic heterocycles. The maximum absolute atomic E-state index is 12.0. The third kappa shape index (κ3) is 4.53. The predicted molar refractivity (Wildman–Crippen MR) is 75.7 cm³/mol. The fourth-order valence-corrected chi connectivity index (χ4v) is 2.65. The van der Waals surface area contributed by atoms with E-state index in [1.807, 2.05) is 6.07 Å². The molecule has 2 aliphatic rings. The van der Waals surface area contributed by atoms with Gasteiger partial charge in [-0.05, 0) is 25.7 Å². The minimum Gasteiger partial charge on any atom is -0.376 e. The number of amides is 1. The molecule has 0 aromatic rings. The van der Waals surface area contributed by atoms with Crippen molar-refractivity contribution in [2.24, 2.45) is 0 Å². The maximum Gasteiger partial charge on any atom is 0.263 e. The van der Waals surface area contributed by atoms with Crippen molar-refractivity contribution in [3.8, 4) is 6.07 Å². The lowest BCUT2D eigenvalue weighted by molar-refractivity contribution is -0.117. The summed E-state index contributed by atoms with van der Waals surface area (Å²) in [5, 5.41) is 12.0. The van der Waals surface area contributed by atoms with Gasteiger partial charge in [0.05, 0.1) is 6.10 Å². The standard InChI is InChI=1S/C15H23N3O2/c16-10-13(12-18-7-3-1-2-4-8-18)15(19)17-11-14-6-5-9-20-14/h12,14H,1-9,11H2,(H,17,19)/b13-12-. The molecular weight excluding hydrogens is 254 g/mol. The number of nitrogens with one attached hydrogen (secondary N) is 1. The van der Waals surface area contributed by atoms with Gasteiger partial charge in [0.2, 0.25) is 0 Å². The van der Waals surface area contributed by atoms with Crippen molar-refractivity contribution in [1.82, 2.24) is 10.2 Å². The van der Waals surface area contributed by atoms with E-state index in [1.165, 1.54) is 12.8 Å². The molecule has 0 saturated carbocycles. The van der Waals surface area contributed by atoms with E-state index in [0.717, 1.165) is 45.4 Å². The maximum atomic E-state index is 12.0. The Morgan fingerprint density at radius 2 is 2.05 bits per heavy atom. The number of hydrogen-bond acceptors (Lipinski definition) is 4. The molecule has 2 fully saturated rings. The van der Waals surface area contributed by atoms with Crippen molar-refractivity contribution in [2.45, 2.75) is 44.6 Å². The van der Waals surface area contributed by atoms with Crippen LogP contribution in [0, 0.1) is 11.3 Å². The summed E-state index contributed by atoms with van der Waals surface area (Å²) in [7, 11) is 0. The number of rotatable bonds is 4. The summed E-state index contributed by atoms with van der Waals surface area (Å²) in [6, 6.07) is 2.01. The topological polar surface area (TPSA) is 65.4 Å². The van der Waals surface area contributed by atoms with Crippen LogP contribution >= 0.6 is 0 Å². The minimum atomic E-state index is -0.285. The van der Waals surface area contributed by atoms with Gasteiger partial charge in [-0.1, -0.05) is 12.8 Å². The van der Waals surface area contributed by atoms with Gasteiger partial charge in [0.15, 0.2) is 0 Å². The van der Waals surface area contributed by atoms with E-state index < -0.39 is 0 Å². The Morgan fingerprint density at radius 1 is 1.30 bits per heavy atom. The second-order valence-electron chi connectivity index (χ2n) is 5.45. The number of ether oxygens (including phenoxy) is 1. The van der Waals surface area contributed by atoms with E-state index in [9.17, 15) is 4.79 Å². The van der Waals surface area contributed by atoms with E-state index in [1.54, 1.807) is 6.20 Å². The third-order valence-electron chi connectivity index (χ3n) is 3.83. The first-order valence-electron chi connectivity index (χ1n) is 7.55. The summed E-state index contributed by atoms with van der Waals surface area (Å²) in [6.07, 6.45) is 8.59. The Balaban J connectivity index is 1.85. The molecule has 2 saturated heterocycles. The van der Waals surface area contributed by atoms with Gasteiger partial charge >= 0.3 is 0 Å². The normalized spacial score (nSPS) is 24.1. The molecule has 1 amide bonds. The molecular formula is C15H23N3O2. The van der Waals surface area contributed by atoms with Crippen LogP contribution < -0.4 is 5.32 Å². The van der Waals surface area contributed by atoms with Crippen molar-refractivity contribution in [2.75, 3.05) is 26.2 Å². The zero-order chi connectivity index (χ0) is 14.2. The monoisotopic (exact) mass is 277 g/mol. The van der Waals surface area contributed by atoms with Gasteiger partial charge in [-0.3, -0.25) is 4.79 Å². The van der Waals surface area contributed by atoms with Crippen molar-refractivity contribution >= 4 is 5.91 Å². The fraction of sp³-hybridized carbons (Fsp3) is 0.733. The van der Waals surface area contributed by atoms with Gasteiger partial charge in [-0.25, -0.2) is 0 Å². The molecule has 5 heteroatoms. The van der Waals surface area contributed by atoms with Crippen LogP contribution in [0.4, 0.5) is 0 Å². The molecule has 1 unspecified atom stereocenters. The van der Waals surface area contributed by atoms with Crippen LogP contribution in [0.3, 0.4) is 0 Å². The number of carbonyl (C=O) groups excluding carboxylic acids is 1. The Morgan fingerprint density at radius 3 is 2.65 bits per heavy atom. The molecule has 1 atom stereocenters. The molecule has 5 nitrogen and oxygen atoms in total. The Bertz CT molecular complexity index is 386. The molecule has 0 aromatic heterocycles. The number of nitrogens with zero attached hydrogens (tertiary/aromatic N) is 2. The van der Waals surface area contributed by atoms with Crippen LogP contribution in [0.25, 0.3) is 0 Å². The van der Waals surface area contributed by atoms with Crippen molar-refractivity contribution < 1.29 is 9.53 Å². The zero-order valence-corrected chi connectivity index (χ0v) is 11.9. The van der Waals surface area contributed by atoms with E-state index in [-0.39, 0.29) is 17.6 Å². The Hall–Kier alpha value is -1.54. The molecule has 0 radical (unpaired) electrons. The predicted octanol–water partition coefficient (Wildman–Crippen LogP) is 1.57. The van der Waals surface area contributed by atoms with Gasteiger partial charge < -0.3 is 15.0 Å². The average molecular weight is 277 g/mol. The lowest BCUT2D eigenvalue weighted by Crippen LogP contribution is -2.33. The van der Waals surface area contributed by atoms with Gasteiger partial charge in [0.1, 0.15) is 11.6 Å². The smallest absolute Gasteiger partial charge is 0.263 e. The number of nitriles is 1. The summed E-state index contributed by atoms with van der Waals surface area (Å²) in [5.74, 6) is -0.285. The van der Waals surface area contributed by atoms with Crippen LogP contribution in [0.5, 0.6) is 0 Å². The molecule has 0 aromatic carbocycles. The Kier molecular flexibility index (Phi) is 5.87. The molecule has 2 rings (SSSR count). The molecule has 1 N–H and O–H groups in total. The van der Waals surface area contributed by atoms with Gasteiger partial charge in [-0.15, -0.1) is 0 Å². The second-order valence-corrected chi connectivity index (χ2v) is 5.45. The Labute approximate surface area is 120 Å². The summed E-state index contributed by atoms with van der Waals surface area (Å²) in [5.41, 5.74) is 0.199. The van der Waals surface area contributed by atoms with E-state index in [4.69, 9.17) is 10.00 Å². The molecule has 0 aliphatic carbocycles. The van der Waals surface area contributed by atoms with Crippen LogP contribution in [0.2, 0.25) is 0 Å². The SMILES string of the molecule is N#C/C(=C/N1CCCCCC1)C(=O)NCC1CCCO1. The largest absolute Gasteiger partial charge is 0.376 e. The molecule has 0 spiro atoms. The van der Waals surface area contributed by atoms with Crippen molar-refractivity contribution in [1.29, 1.82) is 5.26 Å². The molecule has 20 heavy (non-hydrogen) atoms. The van der Waals surface area contributed by atoms with Crippen LogP contribution in [0.15, 0.2) is 11.8 Å². The summed E-state index contributed by atoms with van der Waals surface area (Å²) >= 11 is 0. The van der Waals surface area contributed by atoms with E-state index in [2.05, 4.69) is 10.2 Å². The highest BCUT2D eigenvalue weighted by Gasteiger charge is 2.18. The van der Waals surface area contributed by atoms with Crippen molar-refractivity contribution in [3.63, 3.8) is 0 Å².